The number of ketones is 2. The van der Waals surface area contributed by atoms with Crippen LogP contribution >= 0.6 is 0 Å². The molecule has 0 bridgehead atoms. The molecular formula is C31H21FN2O5. The van der Waals surface area contributed by atoms with E-state index in [0.29, 0.717) is 17.7 Å². The molecule has 0 amide bonds. The predicted molar refractivity (Wildman–Crippen MR) is 144 cm³/mol. The minimum absolute atomic E-state index is 0.0777. The number of nitrogens with zero attached hydrogens (tertiary/aromatic N) is 2. The van der Waals surface area contributed by atoms with E-state index in [1.807, 2.05) is 56.3 Å². The lowest BCUT2D eigenvalue weighted by atomic mass is 9.97. The molecule has 2 heterocycles. The predicted octanol–water partition coefficient (Wildman–Crippen LogP) is 6.24. The number of hydrogen-bond donors (Lipinski definition) is 0. The van der Waals surface area contributed by atoms with Crippen LogP contribution in [0.15, 0.2) is 84.0 Å². The number of benzene rings is 4. The maximum absolute atomic E-state index is 13.3. The van der Waals surface area contributed by atoms with Crippen LogP contribution in [-0.2, 0) is 11.4 Å². The number of hydrogen-bond acceptors (Lipinski definition) is 6. The van der Waals surface area contributed by atoms with Crippen molar-refractivity contribution >= 4 is 45.2 Å². The molecule has 5 aromatic rings. The van der Waals surface area contributed by atoms with Crippen molar-refractivity contribution in [2.24, 2.45) is 5.16 Å². The smallest absolute Gasteiger partial charge is 0.365 e. The van der Waals surface area contributed by atoms with Crippen molar-refractivity contribution < 1.29 is 28.3 Å². The Balaban J connectivity index is 1.38. The fourth-order valence-electron chi connectivity index (χ4n) is 4.90. The first-order chi connectivity index (χ1) is 18.9. The molecule has 0 fully saturated rings. The second-order valence-corrected chi connectivity index (χ2v) is 9.20. The largest absolute Gasteiger partial charge is 0.433 e. The molecule has 1 aliphatic heterocycles. The molecule has 8 heteroatoms. The highest BCUT2D eigenvalue weighted by Gasteiger charge is 2.32. The van der Waals surface area contributed by atoms with Crippen LogP contribution in [0.3, 0.4) is 0 Å². The summed E-state index contributed by atoms with van der Waals surface area (Å²) in [5.74, 6) is -2.05. The van der Waals surface area contributed by atoms with Crippen molar-refractivity contribution in [2.75, 3.05) is 0 Å². The Labute approximate surface area is 222 Å². The van der Waals surface area contributed by atoms with Crippen LogP contribution in [0, 0.1) is 12.7 Å². The van der Waals surface area contributed by atoms with Gasteiger partial charge in [0.15, 0.2) is 5.78 Å². The van der Waals surface area contributed by atoms with E-state index in [0.717, 1.165) is 39.5 Å². The van der Waals surface area contributed by atoms with Gasteiger partial charge in [-0.15, -0.1) is 0 Å². The number of Topliss-reactive ketones (excluding diaryl/α,β-unsaturated/α-hetero) is 1. The fourth-order valence-corrected chi connectivity index (χ4v) is 4.90. The summed E-state index contributed by atoms with van der Waals surface area (Å²) < 4.78 is 20.9. The Hall–Kier alpha value is -5.11. The number of halogens is 1. The minimum Gasteiger partial charge on any atom is -0.433 e. The molecule has 1 aliphatic rings. The quantitative estimate of drug-likeness (QED) is 0.156. The van der Waals surface area contributed by atoms with Crippen molar-refractivity contribution in [2.45, 2.75) is 20.4 Å². The molecule has 192 valence electrons. The molecule has 0 radical (unpaired) electrons. The van der Waals surface area contributed by atoms with Gasteiger partial charge in [0.1, 0.15) is 11.6 Å². The Morgan fingerprint density at radius 3 is 2.38 bits per heavy atom. The SMILES string of the molecule is CCn1c2ccc(C(=O)c3ccccc3C)cc2c2cc3c(cc21)O/C(=N\OC(=O)c1ccc(F)cc1)C3=O. The van der Waals surface area contributed by atoms with Gasteiger partial charge >= 0.3 is 11.9 Å². The molecule has 1 aromatic heterocycles. The van der Waals surface area contributed by atoms with Gasteiger partial charge in [0.2, 0.25) is 0 Å². The lowest BCUT2D eigenvalue weighted by Crippen LogP contribution is -2.14. The highest BCUT2D eigenvalue weighted by Crippen LogP contribution is 2.37. The van der Waals surface area contributed by atoms with Crippen LogP contribution in [0.1, 0.15) is 49.1 Å². The van der Waals surface area contributed by atoms with Gasteiger partial charge in [-0.25, -0.2) is 9.18 Å². The Morgan fingerprint density at radius 2 is 1.64 bits per heavy atom. The third-order valence-corrected chi connectivity index (χ3v) is 6.87. The van der Waals surface area contributed by atoms with Crippen molar-refractivity contribution in [3.63, 3.8) is 0 Å². The van der Waals surface area contributed by atoms with E-state index in [1.54, 1.807) is 12.1 Å². The van der Waals surface area contributed by atoms with Gasteiger partial charge in [0, 0.05) is 40.0 Å². The van der Waals surface area contributed by atoms with Crippen LogP contribution in [0.25, 0.3) is 21.8 Å². The molecule has 0 spiro atoms. The molecule has 0 saturated heterocycles. The van der Waals surface area contributed by atoms with Gasteiger partial charge in [-0.2, -0.15) is 0 Å². The number of oxime groups is 1. The van der Waals surface area contributed by atoms with E-state index in [2.05, 4.69) is 9.72 Å². The summed E-state index contributed by atoms with van der Waals surface area (Å²) >= 11 is 0. The fraction of sp³-hybridized carbons (Fsp3) is 0.0968. The van der Waals surface area contributed by atoms with Crippen molar-refractivity contribution in [1.82, 2.24) is 4.57 Å². The highest BCUT2D eigenvalue weighted by molar-refractivity contribution is 6.47. The summed E-state index contributed by atoms with van der Waals surface area (Å²) in [6, 6.07) is 21.2. The number of rotatable bonds is 5. The molecule has 39 heavy (non-hydrogen) atoms. The number of carbonyl (C=O) groups excluding carboxylic acids is 3. The van der Waals surface area contributed by atoms with Gasteiger partial charge < -0.3 is 14.1 Å². The zero-order valence-electron chi connectivity index (χ0n) is 21.0. The molecule has 4 aromatic carbocycles. The first-order valence-electron chi connectivity index (χ1n) is 12.3. The van der Waals surface area contributed by atoms with Crippen molar-refractivity contribution in [3.8, 4) is 5.75 Å². The van der Waals surface area contributed by atoms with E-state index in [1.165, 1.54) is 12.1 Å². The lowest BCUT2D eigenvalue weighted by molar-refractivity contribution is 0.0508. The summed E-state index contributed by atoms with van der Waals surface area (Å²) in [5.41, 5.74) is 4.17. The van der Waals surface area contributed by atoms with Gasteiger partial charge in [-0.1, -0.05) is 24.3 Å². The minimum atomic E-state index is -0.853. The van der Waals surface area contributed by atoms with Crippen LogP contribution in [-0.4, -0.2) is 28.0 Å². The standard InChI is InChI=1S/C31H21FN2O5/c1-3-34-25-13-10-19(28(35)21-7-5-4-6-17(21)2)14-22(25)23-15-24-27(16-26(23)34)38-30(29(24)36)33-39-31(37)18-8-11-20(32)12-9-18/h4-16H,3H2,1-2H3/b33-30-. The Bertz CT molecular complexity index is 1870. The first kappa shape index (κ1) is 24.2. The summed E-state index contributed by atoms with van der Waals surface area (Å²) in [6.07, 6.45) is 0. The van der Waals surface area contributed by atoms with E-state index in [-0.39, 0.29) is 28.6 Å². The van der Waals surface area contributed by atoms with Crippen molar-refractivity contribution in [1.29, 1.82) is 0 Å². The molecule has 7 nitrogen and oxygen atoms in total. The second-order valence-electron chi connectivity index (χ2n) is 9.20. The number of ether oxygens (including phenoxy) is 1. The maximum Gasteiger partial charge on any atom is 0.365 e. The molecule has 6 rings (SSSR count). The number of aromatic nitrogens is 1. The zero-order valence-corrected chi connectivity index (χ0v) is 21.0. The first-order valence-corrected chi connectivity index (χ1v) is 12.3. The number of carbonyl (C=O) groups is 3. The number of fused-ring (bicyclic) bond motifs is 4. The zero-order chi connectivity index (χ0) is 27.3. The lowest BCUT2D eigenvalue weighted by Gasteiger charge is -2.06. The topological polar surface area (TPSA) is 87.0 Å². The highest BCUT2D eigenvalue weighted by atomic mass is 19.1. The average molecular weight is 521 g/mol. The monoisotopic (exact) mass is 520 g/mol. The maximum atomic E-state index is 13.3. The third kappa shape index (κ3) is 4.06. The second kappa shape index (κ2) is 9.33. The van der Waals surface area contributed by atoms with E-state index in [4.69, 9.17) is 9.57 Å². The van der Waals surface area contributed by atoms with Crippen LogP contribution < -0.4 is 4.74 Å². The summed E-state index contributed by atoms with van der Waals surface area (Å²) in [7, 11) is 0. The van der Waals surface area contributed by atoms with Gasteiger partial charge in [0.25, 0.3) is 5.78 Å². The van der Waals surface area contributed by atoms with E-state index < -0.39 is 17.6 Å². The normalized spacial score (nSPS) is 13.6. The molecule has 0 aliphatic carbocycles. The summed E-state index contributed by atoms with van der Waals surface area (Å²) in [6.45, 7) is 4.56. The van der Waals surface area contributed by atoms with Gasteiger partial charge in [-0.05, 0) is 73.1 Å². The van der Waals surface area contributed by atoms with Gasteiger partial charge in [-0.3, -0.25) is 9.59 Å². The summed E-state index contributed by atoms with van der Waals surface area (Å²) in [4.78, 5) is 43.5. The molecule has 0 unspecified atom stereocenters. The van der Waals surface area contributed by atoms with E-state index in [9.17, 15) is 18.8 Å². The van der Waals surface area contributed by atoms with Crippen LogP contribution in [0.4, 0.5) is 4.39 Å². The molecular weight excluding hydrogens is 499 g/mol. The van der Waals surface area contributed by atoms with Crippen LogP contribution in [0.5, 0.6) is 5.75 Å². The summed E-state index contributed by atoms with van der Waals surface area (Å²) in [5, 5.41) is 5.24. The third-order valence-electron chi connectivity index (χ3n) is 6.87. The number of aryl methyl sites for hydroxylation is 2. The average Bonchev–Trinajstić information content (AvgIpc) is 3.43. The van der Waals surface area contributed by atoms with Crippen molar-refractivity contribution in [3.05, 3.63) is 112 Å². The van der Waals surface area contributed by atoms with Crippen LogP contribution in [0.2, 0.25) is 0 Å². The molecule has 0 atom stereocenters. The Morgan fingerprint density at radius 1 is 0.923 bits per heavy atom. The Kier molecular flexibility index (Phi) is 5.80. The molecule has 0 saturated carbocycles. The van der Waals surface area contributed by atoms with Gasteiger partial charge in [0.05, 0.1) is 16.6 Å². The van der Waals surface area contributed by atoms with E-state index >= 15 is 0 Å². The molecule has 0 N–H and O–H groups in total.